The topological polar surface area (TPSA) is 54.2 Å². The van der Waals surface area contributed by atoms with Crippen LogP contribution >= 0.6 is 24.0 Å². The maximum Gasteiger partial charge on any atom is 0.191 e. The fraction of sp³-hybridized carbons (Fsp3) is 0.238. The van der Waals surface area contributed by atoms with Crippen LogP contribution in [0.5, 0.6) is 0 Å². The number of rotatable bonds is 7. The Hall–Kier alpha value is -2.35. The smallest absolute Gasteiger partial charge is 0.191 e. The number of nitrogens with zero attached hydrogens (tertiary/aromatic N) is 3. The molecule has 0 unspecified atom stereocenters. The van der Waals surface area contributed by atoms with Crippen molar-refractivity contribution in [1.82, 2.24) is 20.4 Å². The predicted molar refractivity (Wildman–Crippen MR) is 122 cm³/mol. The van der Waals surface area contributed by atoms with Crippen LogP contribution < -0.4 is 10.6 Å². The molecule has 0 aliphatic rings. The van der Waals surface area contributed by atoms with Crippen molar-refractivity contribution in [3.8, 4) is 5.69 Å². The molecule has 5 nitrogen and oxygen atoms in total. The van der Waals surface area contributed by atoms with Crippen molar-refractivity contribution in [1.29, 1.82) is 0 Å². The van der Waals surface area contributed by atoms with E-state index in [0.29, 0.717) is 6.54 Å². The summed E-state index contributed by atoms with van der Waals surface area (Å²) < 4.78 is 1.86. The van der Waals surface area contributed by atoms with Gasteiger partial charge in [-0.2, -0.15) is 5.10 Å². The number of hydrogen-bond acceptors (Lipinski definition) is 2. The van der Waals surface area contributed by atoms with Crippen molar-refractivity contribution in [2.24, 2.45) is 4.99 Å². The predicted octanol–water partition coefficient (Wildman–Crippen LogP) is 3.79. The third kappa shape index (κ3) is 6.71. The first-order chi connectivity index (χ1) is 12.8. The SMILES string of the molecule is CCNC(=NCc1ccccc1)NCCc1ccc(-n2cccn2)cc1.I. The molecule has 0 amide bonds. The maximum atomic E-state index is 4.65. The van der Waals surface area contributed by atoms with Crippen molar-refractivity contribution >= 4 is 29.9 Å². The lowest BCUT2D eigenvalue weighted by Crippen LogP contribution is -2.38. The lowest BCUT2D eigenvalue weighted by atomic mass is 10.1. The van der Waals surface area contributed by atoms with E-state index in [4.69, 9.17) is 0 Å². The largest absolute Gasteiger partial charge is 0.357 e. The number of hydrogen-bond donors (Lipinski definition) is 2. The number of nitrogens with one attached hydrogen (secondary N) is 2. The molecule has 3 rings (SSSR count). The molecule has 3 aromatic rings. The van der Waals surface area contributed by atoms with Crippen LogP contribution in [0.15, 0.2) is 78.0 Å². The Morgan fingerprint density at radius 1 is 0.963 bits per heavy atom. The molecule has 0 bridgehead atoms. The average Bonchev–Trinajstić information content (AvgIpc) is 3.22. The highest BCUT2D eigenvalue weighted by molar-refractivity contribution is 14.0. The van der Waals surface area contributed by atoms with Gasteiger partial charge < -0.3 is 10.6 Å². The van der Waals surface area contributed by atoms with E-state index in [9.17, 15) is 0 Å². The second kappa shape index (κ2) is 11.4. The Morgan fingerprint density at radius 2 is 1.74 bits per heavy atom. The molecule has 0 aliphatic heterocycles. The average molecular weight is 475 g/mol. The maximum absolute atomic E-state index is 4.65. The first-order valence-electron chi connectivity index (χ1n) is 9.00. The van der Waals surface area contributed by atoms with Crippen LogP contribution in [0.3, 0.4) is 0 Å². The minimum Gasteiger partial charge on any atom is -0.357 e. The van der Waals surface area contributed by atoms with Crippen LogP contribution in [0.25, 0.3) is 5.69 Å². The van der Waals surface area contributed by atoms with E-state index in [-0.39, 0.29) is 24.0 Å². The van der Waals surface area contributed by atoms with E-state index in [1.165, 1.54) is 11.1 Å². The molecule has 1 aromatic heterocycles. The number of guanidine groups is 1. The van der Waals surface area contributed by atoms with E-state index in [0.717, 1.165) is 31.2 Å². The molecular weight excluding hydrogens is 449 g/mol. The summed E-state index contributed by atoms with van der Waals surface area (Å²) in [5, 5.41) is 10.9. The number of benzene rings is 2. The quantitative estimate of drug-likeness (QED) is 0.311. The third-order valence-corrected chi connectivity index (χ3v) is 4.02. The Morgan fingerprint density at radius 3 is 2.41 bits per heavy atom. The molecule has 0 aliphatic carbocycles. The summed E-state index contributed by atoms with van der Waals surface area (Å²) in [6, 6.07) is 20.7. The molecule has 6 heteroatoms. The van der Waals surface area contributed by atoms with Crippen molar-refractivity contribution < 1.29 is 0 Å². The lowest BCUT2D eigenvalue weighted by molar-refractivity contribution is 0.799. The van der Waals surface area contributed by atoms with Gasteiger partial charge in [0, 0.05) is 25.5 Å². The van der Waals surface area contributed by atoms with E-state index in [2.05, 4.69) is 64.0 Å². The van der Waals surface area contributed by atoms with Gasteiger partial charge in [0.25, 0.3) is 0 Å². The van der Waals surface area contributed by atoms with Crippen LogP contribution in [0.4, 0.5) is 0 Å². The molecule has 0 saturated heterocycles. The Kier molecular flexibility index (Phi) is 8.83. The minimum absolute atomic E-state index is 0. The Bertz CT molecular complexity index is 798. The molecule has 0 fully saturated rings. The van der Waals surface area contributed by atoms with Gasteiger partial charge in [-0.25, -0.2) is 9.67 Å². The molecular formula is C21H26IN5. The second-order valence-electron chi connectivity index (χ2n) is 5.97. The van der Waals surface area contributed by atoms with Crippen LogP contribution in [0.1, 0.15) is 18.1 Å². The van der Waals surface area contributed by atoms with Gasteiger partial charge in [0.15, 0.2) is 5.96 Å². The van der Waals surface area contributed by atoms with Gasteiger partial charge in [0.05, 0.1) is 12.2 Å². The number of aliphatic imine (C=N–C) groups is 1. The standard InChI is InChI=1S/C21H25N5.HI/c1-2-22-21(24-17-19-7-4-3-5-8-19)23-15-13-18-9-11-20(12-10-18)26-16-6-14-25-26;/h3-12,14,16H,2,13,15,17H2,1H3,(H2,22,23,24);1H. The van der Waals surface area contributed by atoms with Crippen LogP contribution in [-0.4, -0.2) is 28.8 Å². The molecule has 0 atom stereocenters. The minimum atomic E-state index is 0. The van der Waals surface area contributed by atoms with Crippen LogP contribution in [0, 0.1) is 0 Å². The summed E-state index contributed by atoms with van der Waals surface area (Å²) in [5.41, 5.74) is 3.57. The van der Waals surface area contributed by atoms with E-state index in [1.54, 1.807) is 6.20 Å². The summed E-state index contributed by atoms with van der Waals surface area (Å²) in [6.07, 6.45) is 4.67. The molecule has 1 heterocycles. The second-order valence-corrected chi connectivity index (χ2v) is 5.97. The van der Waals surface area contributed by atoms with E-state index < -0.39 is 0 Å². The molecule has 0 saturated carbocycles. The van der Waals surface area contributed by atoms with Gasteiger partial charge in [0.2, 0.25) is 0 Å². The molecule has 27 heavy (non-hydrogen) atoms. The van der Waals surface area contributed by atoms with Gasteiger partial charge >= 0.3 is 0 Å². The first kappa shape index (κ1) is 21.0. The van der Waals surface area contributed by atoms with Crippen molar-refractivity contribution in [3.63, 3.8) is 0 Å². The number of halogens is 1. The molecule has 2 N–H and O–H groups in total. The summed E-state index contributed by atoms with van der Waals surface area (Å²) in [4.78, 5) is 4.65. The zero-order valence-electron chi connectivity index (χ0n) is 15.5. The molecule has 2 aromatic carbocycles. The van der Waals surface area contributed by atoms with Gasteiger partial charge in [-0.05, 0) is 42.7 Å². The van der Waals surface area contributed by atoms with Crippen molar-refractivity contribution in [3.05, 3.63) is 84.2 Å². The number of aromatic nitrogens is 2. The Labute approximate surface area is 177 Å². The third-order valence-electron chi connectivity index (χ3n) is 4.02. The molecule has 0 radical (unpaired) electrons. The zero-order chi connectivity index (χ0) is 18.0. The molecule has 142 valence electrons. The lowest BCUT2D eigenvalue weighted by Gasteiger charge is -2.11. The normalized spacial score (nSPS) is 10.9. The summed E-state index contributed by atoms with van der Waals surface area (Å²) >= 11 is 0. The highest BCUT2D eigenvalue weighted by Crippen LogP contribution is 2.08. The van der Waals surface area contributed by atoms with E-state index >= 15 is 0 Å². The van der Waals surface area contributed by atoms with Gasteiger partial charge in [-0.15, -0.1) is 24.0 Å². The van der Waals surface area contributed by atoms with Crippen LogP contribution in [0.2, 0.25) is 0 Å². The van der Waals surface area contributed by atoms with E-state index in [1.807, 2.05) is 35.1 Å². The highest BCUT2D eigenvalue weighted by Gasteiger charge is 2.00. The van der Waals surface area contributed by atoms with Crippen molar-refractivity contribution in [2.45, 2.75) is 19.9 Å². The first-order valence-corrected chi connectivity index (χ1v) is 9.00. The Balaban J connectivity index is 0.00000261. The van der Waals surface area contributed by atoms with Gasteiger partial charge in [0.1, 0.15) is 0 Å². The fourth-order valence-corrected chi connectivity index (χ4v) is 2.66. The summed E-state index contributed by atoms with van der Waals surface area (Å²) in [7, 11) is 0. The van der Waals surface area contributed by atoms with Crippen molar-refractivity contribution in [2.75, 3.05) is 13.1 Å². The van der Waals surface area contributed by atoms with Gasteiger partial charge in [-0.1, -0.05) is 42.5 Å². The monoisotopic (exact) mass is 475 g/mol. The zero-order valence-corrected chi connectivity index (χ0v) is 17.8. The van der Waals surface area contributed by atoms with Gasteiger partial charge in [-0.3, -0.25) is 0 Å². The summed E-state index contributed by atoms with van der Waals surface area (Å²) in [6.45, 7) is 4.43. The highest BCUT2D eigenvalue weighted by atomic mass is 127. The fourth-order valence-electron chi connectivity index (χ4n) is 2.66. The summed E-state index contributed by atoms with van der Waals surface area (Å²) in [5.74, 6) is 0.851. The van der Waals surface area contributed by atoms with Crippen LogP contribution in [-0.2, 0) is 13.0 Å². The molecule has 0 spiro atoms.